The lowest BCUT2D eigenvalue weighted by Gasteiger charge is -2.27. The largest absolute Gasteiger partial charge is 0.480 e. The molecule has 2 aromatic rings. The highest BCUT2D eigenvalue weighted by atomic mass is 16.4. The zero-order chi connectivity index (χ0) is 30.1. The molecule has 0 saturated carbocycles. The third kappa shape index (κ3) is 5.35. The topological polar surface area (TPSA) is 63.9 Å². The van der Waals surface area contributed by atoms with Crippen molar-refractivity contribution in [3.8, 4) is 0 Å². The van der Waals surface area contributed by atoms with Crippen LogP contribution in [0.4, 0.5) is 11.4 Å². The number of nitrogens with zero attached hydrogens (tertiary/aromatic N) is 3. The molecule has 6 heteroatoms. The maximum atomic E-state index is 12.8. The molecule has 1 fully saturated rings. The first-order valence-electron chi connectivity index (χ1n) is 15.2. The summed E-state index contributed by atoms with van der Waals surface area (Å²) in [7, 11) is 2.14. The summed E-state index contributed by atoms with van der Waals surface area (Å²) in [5, 5.41) is 9.43. The van der Waals surface area contributed by atoms with Gasteiger partial charge >= 0.3 is 5.97 Å². The molecule has 6 nitrogen and oxygen atoms in total. The van der Waals surface area contributed by atoms with Gasteiger partial charge in [0.25, 0.3) is 0 Å². The van der Waals surface area contributed by atoms with Gasteiger partial charge in [-0.3, -0.25) is 4.79 Å². The smallest absolute Gasteiger partial charge is 0.326 e. The third-order valence-corrected chi connectivity index (χ3v) is 9.35. The number of carboxylic acid groups (broad SMARTS) is 1. The Labute approximate surface area is 250 Å². The molecule has 0 spiro atoms. The van der Waals surface area contributed by atoms with Crippen LogP contribution in [0.3, 0.4) is 0 Å². The Morgan fingerprint density at radius 2 is 1.67 bits per heavy atom. The average molecular weight is 567 g/mol. The normalized spacial score (nSPS) is 21.6. The molecule has 5 rings (SSSR count). The van der Waals surface area contributed by atoms with E-state index in [9.17, 15) is 14.7 Å². The number of amides is 1. The minimum atomic E-state index is -0.892. The summed E-state index contributed by atoms with van der Waals surface area (Å²) < 4.78 is 2.28. The minimum absolute atomic E-state index is 0.0374. The molecule has 1 saturated heterocycles. The maximum Gasteiger partial charge on any atom is 0.326 e. The van der Waals surface area contributed by atoms with E-state index in [1.165, 1.54) is 33.9 Å². The highest BCUT2D eigenvalue weighted by Crippen LogP contribution is 2.47. The Balaban J connectivity index is 1.27. The van der Waals surface area contributed by atoms with Crippen LogP contribution in [0.5, 0.6) is 0 Å². The number of carbonyl (C=O) groups is 2. The zero-order valence-electron chi connectivity index (χ0n) is 25.6. The van der Waals surface area contributed by atoms with Crippen LogP contribution in [0.1, 0.15) is 70.9 Å². The summed E-state index contributed by atoms with van der Waals surface area (Å²) in [6.45, 7) is 10.5. The molecule has 0 aromatic heterocycles. The molecule has 2 aromatic carbocycles. The van der Waals surface area contributed by atoms with Gasteiger partial charge in [-0.05, 0) is 57.2 Å². The molecule has 42 heavy (non-hydrogen) atoms. The lowest BCUT2D eigenvalue weighted by atomic mass is 9.81. The molecular formula is C36H44N3O3+. The van der Waals surface area contributed by atoms with Crippen molar-refractivity contribution < 1.29 is 19.3 Å². The average Bonchev–Trinajstić information content (AvgIpc) is 3.59. The number of anilines is 1. The number of likely N-dealkylation sites (tertiary alicyclic amines) is 1. The Morgan fingerprint density at radius 1 is 0.952 bits per heavy atom. The monoisotopic (exact) mass is 566 g/mol. The molecule has 0 bridgehead atoms. The molecule has 220 valence electrons. The van der Waals surface area contributed by atoms with Gasteiger partial charge in [0, 0.05) is 54.0 Å². The lowest BCUT2D eigenvalue weighted by molar-refractivity contribution is -0.401. The van der Waals surface area contributed by atoms with Gasteiger partial charge in [-0.1, -0.05) is 68.5 Å². The molecule has 1 atom stereocenters. The van der Waals surface area contributed by atoms with Gasteiger partial charge in [0.1, 0.15) is 13.1 Å². The summed E-state index contributed by atoms with van der Waals surface area (Å²) in [5.41, 5.74) is 7.45. The van der Waals surface area contributed by atoms with Gasteiger partial charge in [0.05, 0.1) is 5.41 Å². The van der Waals surface area contributed by atoms with E-state index in [1.807, 2.05) is 0 Å². The maximum absolute atomic E-state index is 12.8. The molecule has 3 aliphatic rings. The van der Waals surface area contributed by atoms with E-state index in [-0.39, 0.29) is 16.7 Å². The van der Waals surface area contributed by atoms with Crippen molar-refractivity contribution >= 4 is 29.0 Å². The van der Waals surface area contributed by atoms with E-state index in [1.54, 1.807) is 4.90 Å². The van der Waals surface area contributed by atoms with Crippen molar-refractivity contribution in [2.24, 2.45) is 0 Å². The van der Waals surface area contributed by atoms with E-state index < -0.39 is 12.0 Å². The molecule has 0 aliphatic carbocycles. The quantitative estimate of drug-likeness (QED) is 0.208. The highest BCUT2D eigenvalue weighted by Gasteiger charge is 2.42. The van der Waals surface area contributed by atoms with Gasteiger partial charge in [0.2, 0.25) is 11.6 Å². The second-order valence-electron chi connectivity index (χ2n) is 12.7. The number of carboxylic acids is 1. The van der Waals surface area contributed by atoms with Crippen LogP contribution >= 0.6 is 0 Å². The van der Waals surface area contributed by atoms with Crippen LogP contribution < -0.4 is 4.90 Å². The number of allylic oxidation sites excluding steroid dienone is 6. The standard InChI is InChI=1S/C36H43N3O3/c1-35(2)26-16-9-11-18-28(26)37(5)31(35)21-7-6-8-22-32-36(3,4)27-17-10-12-19-29(27)38(32)24-14-13-23-33(40)39-25-15-20-30(39)34(41)42/h6-12,16-19,21-22,30H,13-15,20,23-25H2,1-5H3/p+1. The van der Waals surface area contributed by atoms with Crippen molar-refractivity contribution in [2.45, 2.75) is 76.7 Å². The fourth-order valence-corrected chi connectivity index (χ4v) is 7.05. The van der Waals surface area contributed by atoms with Gasteiger partial charge in [-0.15, -0.1) is 0 Å². The van der Waals surface area contributed by atoms with Gasteiger partial charge in [-0.2, -0.15) is 4.58 Å². The van der Waals surface area contributed by atoms with Crippen molar-refractivity contribution in [3.63, 3.8) is 0 Å². The number of para-hydroxylation sites is 2. The minimum Gasteiger partial charge on any atom is -0.480 e. The highest BCUT2D eigenvalue weighted by molar-refractivity contribution is 6.03. The second-order valence-corrected chi connectivity index (χ2v) is 12.7. The van der Waals surface area contributed by atoms with E-state index >= 15 is 0 Å². The molecule has 1 N–H and O–H groups in total. The van der Waals surface area contributed by atoms with Crippen LogP contribution in [-0.4, -0.2) is 58.3 Å². The van der Waals surface area contributed by atoms with Crippen LogP contribution in [-0.2, 0) is 20.4 Å². The van der Waals surface area contributed by atoms with Crippen molar-refractivity contribution in [1.82, 2.24) is 4.90 Å². The van der Waals surface area contributed by atoms with Crippen LogP contribution in [0.25, 0.3) is 0 Å². The SMILES string of the molecule is C[N+]1=C(C=CC=CC=C2N(CCCCC(=O)N3CCCC3C(=O)O)c3ccccc3C2(C)C)C(C)(C)c2ccccc21. The van der Waals surface area contributed by atoms with Crippen molar-refractivity contribution in [3.05, 3.63) is 95.7 Å². The molecule has 1 unspecified atom stereocenters. The van der Waals surface area contributed by atoms with E-state index in [4.69, 9.17) is 0 Å². The summed E-state index contributed by atoms with van der Waals surface area (Å²) in [4.78, 5) is 28.2. The molecule has 0 radical (unpaired) electrons. The number of benzene rings is 2. The molecular weight excluding hydrogens is 522 g/mol. The van der Waals surface area contributed by atoms with Gasteiger partial charge in [0.15, 0.2) is 5.71 Å². The Kier molecular flexibility index (Phi) is 8.27. The Morgan fingerprint density at radius 3 is 2.40 bits per heavy atom. The number of carbonyl (C=O) groups excluding carboxylic acids is 1. The van der Waals surface area contributed by atoms with E-state index in [2.05, 4.69) is 123 Å². The first-order chi connectivity index (χ1) is 20.0. The summed E-state index contributed by atoms with van der Waals surface area (Å²) in [6, 6.07) is 16.5. The van der Waals surface area contributed by atoms with Crippen LogP contribution in [0.15, 0.2) is 84.6 Å². The summed E-state index contributed by atoms with van der Waals surface area (Å²) in [6.07, 6.45) is 14.1. The van der Waals surface area contributed by atoms with Crippen LogP contribution in [0.2, 0.25) is 0 Å². The van der Waals surface area contributed by atoms with Crippen molar-refractivity contribution in [2.75, 3.05) is 25.0 Å². The lowest BCUT2D eigenvalue weighted by Crippen LogP contribution is -2.40. The van der Waals surface area contributed by atoms with E-state index in [0.29, 0.717) is 19.4 Å². The fourth-order valence-electron chi connectivity index (χ4n) is 7.05. The zero-order valence-corrected chi connectivity index (χ0v) is 25.6. The van der Waals surface area contributed by atoms with Crippen molar-refractivity contribution in [1.29, 1.82) is 0 Å². The van der Waals surface area contributed by atoms with Gasteiger partial charge in [-0.25, -0.2) is 4.79 Å². The number of aliphatic carboxylic acids is 1. The van der Waals surface area contributed by atoms with Gasteiger partial charge < -0.3 is 14.9 Å². The molecule has 3 heterocycles. The first-order valence-corrected chi connectivity index (χ1v) is 15.2. The number of unbranched alkanes of at least 4 members (excludes halogenated alkanes) is 1. The Hall–Kier alpha value is -3.93. The predicted octanol–water partition coefficient (Wildman–Crippen LogP) is 6.73. The summed E-state index contributed by atoms with van der Waals surface area (Å²) in [5.74, 6) is -0.929. The van der Waals surface area contributed by atoms with E-state index in [0.717, 1.165) is 25.8 Å². The number of rotatable bonds is 9. The summed E-state index contributed by atoms with van der Waals surface area (Å²) >= 11 is 0. The first kappa shape index (κ1) is 29.6. The molecule has 3 aliphatic heterocycles. The Bertz CT molecular complexity index is 1490. The molecule has 1 amide bonds. The third-order valence-electron chi connectivity index (χ3n) is 9.35. The van der Waals surface area contributed by atoms with Crippen LogP contribution in [0, 0.1) is 0 Å². The predicted molar refractivity (Wildman–Crippen MR) is 170 cm³/mol. The number of fused-ring (bicyclic) bond motifs is 2. The second kappa shape index (κ2) is 11.7. The number of hydrogen-bond acceptors (Lipinski definition) is 3. The fraction of sp³-hybridized carbons (Fsp3) is 0.417. The number of hydrogen-bond donors (Lipinski definition) is 1.